The van der Waals surface area contributed by atoms with Gasteiger partial charge in [-0.25, -0.2) is 4.98 Å². The molecule has 3 rings (SSSR count). The van der Waals surface area contributed by atoms with Gasteiger partial charge in [0.05, 0.1) is 19.3 Å². The summed E-state index contributed by atoms with van der Waals surface area (Å²) in [5, 5.41) is 6.83. The molecule has 0 radical (unpaired) electrons. The molecule has 7 heteroatoms. The molecule has 1 unspecified atom stereocenters. The van der Waals surface area contributed by atoms with Crippen molar-refractivity contribution >= 4 is 11.6 Å². The van der Waals surface area contributed by atoms with E-state index in [1.54, 1.807) is 20.4 Å². The van der Waals surface area contributed by atoms with E-state index in [9.17, 15) is 0 Å². The summed E-state index contributed by atoms with van der Waals surface area (Å²) in [7, 11) is 5.50. The molecule has 0 amide bonds. The molecule has 1 fully saturated rings. The van der Waals surface area contributed by atoms with Gasteiger partial charge in [-0.2, -0.15) is 0 Å². The Hall–Kier alpha value is -2.70. The number of para-hydroxylation sites is 2. The Morgan fingerprint density at radius 2 is 2.24 bits per heavy atom. The number of benzene rings is 1. The Labute approximate surface area is 148 Å². The molecule has 1 aromatic carbocycles. The molecule has 7 nitrogen and oxygen atoms in total. The molecule has 1 saturated heterocycles. The van der Waals surface area contributed by atoms with Crippen molar-refractivity contribution in [3.8, 4) is 5.75 Å². The van der Waals surface area contributed by atoms with Gasteiger partial charge in [0.1, 0.15) is 11.6 Å². The van der Waals surface area contributed by atoms with Crippen LogP contribution >= 0.6 is 0 Å². The molecule has 2 N–H and O–H groups in total. The third-order valence-electron chi connectivity index (χ3n) is 4.51. The van der Waals surface area contributed by atoms with Crippen molar-refractivity contribution in [3.05, 3.63) is 42.5 Å². The Morgan fingerprint density at radius 1 is 1.40 bits per heavy atom. The fraction of sp³-hybridized carbons (Fsp3) is 0.444. The standard InChI is InChI=1S/C18H26N6O/c1-19-18(21-12-17-20-9-11-23(17)2)22-14-8-10-24(13-14)15-6-4-5-7-16(15)25-3/h4-7,9,11,14H,8,10,12-13H2,1-3H3,(H2,19,21,22). The lowest BCUT2D eigenvalue weighted by Crippen LogP contribution is -2.44. The predicted octanol–water partition coefficient (Wildman–Crippen LogP) is 1.37. The van der Waals surface area contributed by atoms with Crippen LogP contribution in [-0.4, -0.2) is 48.8 Å². The maximum Gasteiger partial charge on any atom is 0.191 e. The van der Waals surface area contributed by atoms with E-state index in [1.807, 2.05) is 36.0 Å². The molecule has 2 aromatic rings. The topological polar surface area (TPSA) is 66.7 Å². The quantitative estimate of drug-likeness (QED) is 0.635. The van der Waals surface area contributed by atoms with Gasteiger partial charge in [0.2, 0.25) is 0 Å². The normalized spacial score (nSPS) is 17.6. The zero-order chi connectivity index (χ0) is 17.6. The molecular formula is C18H26N6O. The van der Waals surface area contributed by atoms with Crippen LogP contribution in [0.15, 0.2) is 41.7 Å². The molecule has 0 spiro atoms. The van der Waals surface area contributed by atoms with Crippen LogP contribution in [0.25, 0.3) is 0 Å². The van der Waals surface area contributed by atoms with Crippen LogP contribution in [0.1, 0.15) is 12.2 Å². The number of aromatic nitrogens is 2. The summed E-state index contributed by atoms with van der Waals surface area (Å²) in [5.41, 5.74) is 1.14. The second-order valence-corrected chi connectivity index (χ2v) is 6.13. The highest BCUT2D eigenvalue weighted by Gasteiger charge is 2.25. The second-order valence-electron chi connectivity index (χ2n) is 6.13. The number of methoxy groups -OCH3 is 1. The Balaban J connectivity index is 1.55. The number of anilines is 1. The highest BCUT2D eigenvalue weighted by atomic mass is 16.5. The lowest BCUT2D eigenvalue weighted by atomic mass is 10.2. The number of hydrogen-bond donors (Lipinski definition) is 2. The van der Waals surface area contributed by atoms with Crippen molar-refractivity contribution in [1.82, 2.24) is 20.2 Å². The maximum atomic E-state index is 5.48. The van der Waals surface area contributed by atoms with Crippen molar-refractivity contribution in [2.75, 3.05) is 32.1 Å². The molecule has 134 valence electrons. The summed E-state index contributed by atoms with van der Waals surface area (Å²) < 4.78 is 7.48. The van der Waals surface area contributed by atoms with E-state index in [-0.39, 0.29) is 0 Å². The summed E-state index contributed by atoms with van der Waals surface area (Å²) in [5.74, 6) is 2.69. The van der Waals surface area contributed by atoms with Crippen molar-refractivity contribution in [2.45, 2.75) is 19.0 Å². The highest BCUT2D eigenvalue weighted by molar-refractivity contribution is 5.80. The number of nitrogens with one attached hydrogen (secondary N) is 2. The van der Waals surface area contributed by atoms with Crippen LogP contribution in [-0.2, 0) is 13.6 Å². The lowest BCUT2D eigenvalue weighted by molar-refractivity contribution is 0.415. The van der Waals surface area contributed by atoms with Gasteiger partial charge in [-0.05, 0) is 18.6 Å². The first-order valence-corrected chi connectivity index (χ1v) is 8.52. The fourth-order valence-electron chi connectivity index (χ4n) is 3.11. The van der Waals surface area contributed by atoms with E-state index in [0.29, 0.717) is 12.6 Å². The average molecular weight is 342 g/mol. The molecule has 0 saturated carbocycles. The minimum absolute atomic E-state index is 0.345. The minimum atomic E-state index is 0.345. The predicted molar refractivity (Wildman–Crippen MR) is 100 cm³/mol. The van der Waals surface area contributed by atoms with Gasteiger partial charge in [-0.15, -0.1) is 0 Å². The van der Waals surface area contributed by atoms with Crippen molar-refractivity contribution in [1.29, 1.82) is 0 Å². The largest absolute Gasteiger partial charge is 0.495 e. The average Bonchev–Trinajstić information content (AvgIpc) is 3.27. The summed E-state index contributed by atoms with van der Waals surface area (Å²) in [6.45, 7) is 2.56. The number of rotatable bonds is 5. The van der Waals surface area contributed by atoms with Crippen molar-refractivity contribution < 1.29 is 4.74 Å². The zero-order valence-electron chi connectivity index (χ0n) is 15.1. The Morgan fingerprint density at radius 3 is 2.96 bits per heavy atom. The van der Waals surface area contributed by atoms with Crippen LogP contribution < -0.4 is 20.3 Å². The second kappa shape index (κ2) is 7.92. The van der Waals surface area contributed by atoms with E-state index in [4.69, 9.17) is 4.74 Å². The number of aryl methyl sites for hydroxylation is 1. The number of imidazole rings is 1. The van der Waals surface area contributed by atoms with E-state index < -0.39 is 0 Å². The maximum absolute atomic E-state index is 5.48. The molecule has 2 heterocycles. The molecular weight excluding hydrogens is 316 g/mol. The molecule has 0 aliphatic carbocycles. The van der Waals surface area contributed by atoms with Crippen LogP contribution in [0.2, 0.25) is 0 Å². The minimum Gasteiger partial charge on any atom is -0.495 e. The van der Waals surface area contributed by atoms with E-state index in [1.165, 1.54) is 0 Å². The summed E-state index contributed by atoms with van der Waals surface area (Å²) in [6.07, 6.45) is 4.80. The number of hydrogen-bond acceptors (Lipinski definition) is 4. The van der Waals surface area contributed by atoms with Gasteiger partial charge in [-0.3, -0.25) is 4.99 Å². The van der Waals surface area contributed by atoms with Crippen molar-refractivity contribution in [3.63, 3.8) is 0 Å². The van der Waals surface area contributed by atoms with Gasteiger partial charge in [0.15, 0.2) is 5.96 Å². The van der Waals surface area contributed by atoms with E-state index in [2.05, 4.69) is 31.6 Å². The first kappa shape index (κ1) is 17.1. The lowest BCUT2D eigenvalue weighted by Gasteiger charge is -2.22. The molecule has 1 aliphatic heterocycles. The van der Waals surface area contributed by atoms with Crippen LogP contribution in [0.4, 0.5) is 5.69 Å². The third kappa shape index (κ3) is 4.04. The molecule has 0 bridgehead atoms. The van der Waals surface area contributed by atoms with Crippen LogP contribution in [0.5, 0.6) is 5.75 Å². The first-order valence-electron chi connectivity index (χ1n) is 8.52. The first-order chi connectivity index (χ1) is 12.2. The molecule has 1 aromatic heterocycles. The highest BCUT2D eigenvalue weighted by Crippen LogP contribution is 2.30. The van der Waals surface area contributed by atoms with Gasteiger partial charge < -0.3 is 24.8 Å². The zero-order valence-corrected chi connectivity index (χ0v) is 15.1. The monoisotopic (exact) mass is 342 g/mol. The number of guanidine groups is 1. The van der Waals surface area contributed by atoms with E-state index >= 15 is 0 Å². The fourth-order valence-corrected chi connectivity index (χ4v) is 3.11. The van der Waals surface area contributed by atoms with Crippen molar-refractivity contribution in [2.24, 2.45) is 12.0 Å². The number of aliphatic imine (C=N–C) groups is 1. The molecule has 25 heavy (non-hydrogen) atoms. The van der Waals surface area contributed by atoms with Gasteiger partial charge in [0, 0.05) is 45.6 Å². The summed E-state index contributed by atoms with van der Waals surface area (Å²) in [6, 6.07) is 8.50. The summed E-state index contributed by atoms with van der Waals surface area (Å²) >= 11 is 0. The van der Waals surface area contributed by atoms with Gasteiger partial charge >= 0.3 is 0 Å². The Bertz CT molecular complexity index is 726. The Kier molecular flexibility index (Phi) is 5.42. The van der Waals surface area contributed by atoms with Crippen LogP contribution in [0.3, 0.4) is 0 Å². The molecule has 1 aliphatic rings. The molecule has 1 atom stereocenters. The summed E-state index contributed by atoms with van der Waals surface area (Å²) in [4.78, 5) is 11.0. The number of nitrogens with zero attached hydrogens (tertiary/aromatic N) is 4. The van der Waals surface area contributed by atoms with Gasteiger partial charge in [-0.1, -0.05) is 12.1 Å². The van der Waals surface area contributed by atoms with Gasteiger partial charge in [0.25, 0.3) is 0 Å². The SMILES string of the molecule is CN=C(NCc1nccn1C)NC1CCN(c2ccccc2OC)C1. The third-order valence-corrected chi connectivity index (χ3v) is 4.51. The number of ether oxygens (including phenoxy) is 1. The van der Waals surface area contributed by atoms with Crippen LogP contribution in [0, 0.1) is 0 Å². The van der Waals surface area contributed by atoms with E-state index in [0.717, 1.165) is 42.7 Å². The smallest absolute Gasteiger partial charge is 0.191 e.